The molecular weight excluding hydrogens is 511 g/mol. The molecule has 6 rings (SSSR count). The predicted molar refractivity (Wildman–Crippen MR) is 146 cm³/mol. The lowest BCUT2D eigenvalue weighted by atomic mass is 9.85. The van der Waals surface area contributed by atoms with Crippen molar-refractivity contribution in [2.24, 2.45) is 11.8 Å². The predicted octanol–water partition coefficient (Wildman–Crippen LogP) is 5.54. The molecule has 2 unspecified atom stereocenters. The maximum atomic E-state index is 13.2. The molecule has 0 radical (unpaired) electrons. The van der Waals surface area contributed by atoms with Crippen LogP contribution in [0.2, 0.25) is 0 Å². The van der Waals surface area contributed by atoms with Gasteiger partial charge in [-0.1, -0.05) is 42.5 Å². The number of benzene rings is 3. The molecule has 8 heteroatoms. The van der Waals surface area contributed by atoms with E-state index in [1.54, 1.807) is 54.6 Å². The molecular formula is C32H23FN2O5. The summed E-state index contributed by atoms with van der Waals surface area (Å²) in [6.45, 7) is -0.499. The number of hydrogen-bond donors (Lipinski definition) is 0. The Bertz CT molecular complexity index is 1670. The van der Waals surface area contributed by atoms with Crippen LogP contribution in [0.5, 0.6) is 0 Å². The fourth-order valence-electron chi connectivity index (χ4n) is 5.26. The normalized spacial score (nSPS) is 18.2. The highest BCUT2D eigenvalue weighted by molar-refractivity contribution is 6.22. The van der Waals surface area contributed by atoms with E-state index in [1.165, 1.54) is 29.2 Å². The molecule has 2 aliphatic rings. The highest BCUT2D eigenvalue weighted by Gasteiger charge is 2.47. The second-order valence-electron chi connectivity index (χ2n) is 9.79. The van der Waals surface area contributed by atoms with Crippen molar-refractivity contribution >= 4 is 40.2 Å². The molecule has 0 spiro atoms. The zero-order chi connectivity index (χ0) is 27.8. The van der Waals surface area contributed by atoms with Crippen LogP contribution in [0.25, 0.3) is 22.2 Å². The minimum Gasteiger partial charge on any atom is -0.454 e. The molecule has 0 bridgehead atoms. The Balaban J connectivity index is 1.26. The Morgan fingerprint density at radius 2 is 1.52 bits per heavy atom. The summed E-state index contributed by atoms with van der Waals surface area (Å²) in [5, 5.41) is 0.562. The summed E-state index contributed by atoms with van der Waals surface area (Å²) in [5.74, 6) is -2.62. The minimum absolute atomic E-state index is 0.184. The van der Waals surface area contributed by atoms with E-state index < -0.39 is 24.2 Å². The number of aromatic nitrogens is 1. The van der Waals surface area contributed by atoms with Crippen molar-refractivity contribution in [3.05, 3.63) is 108 Å². The first-order chi connectivity index (χ1) is 19.4. The summed E-state index contributed by atoms with van der Waals surface area (Å²) in [4.78, 5) is 57.4. The molecule has 1 saturated heterocycles. The maximum Gasteiger partial charge on any atom is 0.339 e. The number of nitrogens with zero attached hydrogens (tertiary/aromatic N) is 2. The number of anilines is 1. The van der Waals surface area contributed by atoms with E-state index in [0.717, 1.165) is 0 Å². The number of allylic oxidation sites excluding steroid dienone is 2. The van der Waals surface area contributed by atoms with E-state index in [4.69, 9.17) is 4.74 Å². The summed E-state index contributed by atoms with van der Waals surface area (Å²) in [7, 11) is 0. The summed E-state index contributed by atoms with van der Waals surface area (Å²) < 4.78 is 18.5. The average molecular weight is 535 g/mol. The number of hydrogen-bond acceptors (Lipinski definition) is 6. The largest absolute Gasteiger partial charge is 0.454 e. The minimum atomic E-state index is -0.698. The highest BCUT2D eigenvalue weighted by atomic mass is 19.1. The molecule has 4 aromatic rings. The number of pyridine rings is 1. The first-order valence-electron chi connectivity index (χ1n) is 12.9. The third-order valence-electron chi connectivity index (χ3n) is 7.37. The first kappa shape index (κ1) is 25.3. The number of carbonyl (C=O) groups excluding carboxylic acids is 4. The van der Waals surface area contributed by atoms with E-state index in [-0.39, 0.29) is 34.8 Å². The van der Waals surface area contributed by atoms with Gasteiger partial charge in [0.05, 0.1) is 34.3 Å². The first-order valence-corrected chi connectivity index (χ1v) is 12.9. The van der Waals surface area contributed by atoms with Gasteiger partial charge in [0, 0.05) is 16.5 Å². The standard InChI is InChI=1S/C32H23FN2O5/c33-21-13-9-20(10-14-21)29(36)18-40-32(39)26-17-28(34-27-8-4-3-5-23(26)27)19-11-15-22(16-12-19)35-30(37)24-6-1-2-7-25(24)31(35)38/h1-5,8-17,24-25H,6-7,18H2. The topological polar surface area (TPSA) is 93.6 Å². The maximum absolute atomic E-state index is 13.2. The van der Waals surface area contributed by atoms with Crippen LogP contribution in [0.1, 0.15) is 33.6 Å². The van der Waals surface area contributed by atoms with Crippen molar-refractivity contribution in [1.29, 1.82) is 0 Å². The number of esters is 1. The van der Waals surface area contributed by atoms with Gasteiger partial charge in [0.25, 0.3) is 0 Å². The SMILES string of the molecule is O=C(COC(=O)c1cc(-c2ccc(N3C(=O)C4CC=CCC4C3=O)cc2)nc2ccccc12)c1ccc(F)cc1. The summed E-state index contributed by atoms with van der Waals surface area (Å²) in [5.41, 5.74) is 2.68. The average Bonchev–Trinajstić information content (AvgIpc) is 3.25. The molecule has 2 heterocycles. The van der Waals surface area contributed by atoms with Gasteiger partial charge in [-0.05, 0) is 61.4 Å². The zero-order valence-electron chi connectivity index (χ0n) is 21.2. The van der Waals surface area contributed by atoms with Gasteiger partial charge in [0.2, 0.25) is 11.8 Å². The number of rotatable bonds is 6. The van der Waals surface area contributed by atoms with Crippen molar-refractivity contribution in [2.45, 2.75) is 12.8 Å². The monoisotopic (exact) mass is 534 g/mol. The van der Waals surface area contributed by atoms with Crippen molar-refractivity contribution < 1.29 is 28.3 Å². The Kier molecular flexibility index (Phi) is 6.51. The van der Waals surface area contributed by atoms with E-state index in [0.29, 0.717) is 40.7 Å². The zero-order valence-corrected chi connectivity index (χ0v) is 21.2. The van der Waals surface area contributed by atoms with Crippen LogP contribution >= 0.6 is 0 Å². The molecule has 0 N–H and O–H groups in total. The van der Waals surface area contributed by atoms with Gasteiger partial charge in [-0.15, -0.1) is 0 Å². The molecule has 198 valence electrons. The van der Waals surface area contributed by atoms with Crippen LogP contribution in [-0.4, -0.2) is 35.2 Å². The van der Waals surface area contributed by atoms with Gasteiger partial charge < -0.3 is 4.74 Å². The van der Waals surface area contributed by atoms with Gasteiger partial charge in [-0.25, -0.2) is 14.2 Å². The lowest BCUT2D eigenvalue weighted by molar-refractivity contribution is -0.122. The van der Waals surface area contributed by atoms with Crippen LogP contribution < -0.4 is 4.90 Å². The van der Waals surface area contributed by atoms with Crippen molar-refractivity contribution in [1.82, 2.24) is 4.98 Å². The van der Waals surface area contributed by atoms with Crippen LogP contribution in [0.4, 0.5) is 10.1 Å². The van der Waals surface area contributed by atoms with E-state index in [2.05, 4.69) is 4.98 Å². The molecule has 7 nitrogen and oxygen atoms in total. The fourth-order valence-corrected chi connectivity index (χ4v) is 5.26. The number of para-hydroxylation sites is 1. The molecule has 1 aromatic heterocycles. The molecule has 40 heavy (non-hydrogen) atoms. The molecule has 3 aromatic carbocycles. The van der Waals surface area contributed by atoms with Gasteiger partial charge in [-0.3, -0.25) is 19.3 Å². The second-order valence-corrected chi connectivity index (χ2v) is 9.79. The molecule has 2 atom stereocenters. The van der Waals surface area contributed by atoms with Gasteiger partial charge >= 0.3 is 5.97 Å². The lowest BCUT2D eigenvalue weighted by Gasteiger charge is -2.15. The third-order valence-corrected chi connectivity index (χ3v) is 7.37. The highest BCUT2D eigenvalue weighted by Crippen LogP contribution is 2.38. The summed E-state index contributed by atoms with van der Waals surface area (Å²) in [6.07, 6.45) is 5.04. The lowest BCUT2D eigenvalue weighted by Crippen LogP contribution is -2.30. The van der Waals surface area contributed by atoms with Gasteiger partial charge in [0.1, 0.15) is 5.82 Å². The van der Waals surface area contributed by atoms with E-state index in [1.807, 2.05) is 12.2 Å². The van der Waals surface area contributed by atoms with Crippen molar-refractivity contribution in [3.63, 3.8) is 0 Å². The molecule has 1 fully saturated rings. The van der Waals surface area contributed by atoms with Crippen LogP contribution in [0, 0.1) is 17.7 Å². The molecule has 1 aliphatic heterocycles. The molecule has 0 saturated carbocycles. The fraction of sp³-hybridized carbons (Fsp3) is 0.156. The molecule has 2 amide bonds. The number of Topliss-reactive ketones (excluding diaryl/α,β-unsaturated/α-hetero) is 1. The van der Waals surface area contributed by atoms with Gasteiger partial charge in [-0.2, -0.15) is 0 Å². The van der Waals surface area contributed by atoms with Crippen LogP contribution in [0.15, 0.2) is 91.0 Å². The van der Waals surface area contributed by atoms with Crippen LogP contribution in [0.3, 0.4) is 0 Å². The number of halogens is 1. The van der Waals surface area contributed by atoms with E-state index >= 15 is 0 Å². The number of carbonyl (C=O) groups is 4. The Morgan fingerprint density at radius 1 is 0.875 bits per heavy atom. The summed E-state index contributed by atoms with van der Waals surface area (Å²) >= 11 is 0. The molecule has 1 aliphatic carbocycles. The quantitative estimate of drug-likeness (QED) is 0.140. The van der Waals surface area contributed by atoms with Crippen molar-refractivity contribution in [3.8, 4) is 11.3 Å². The number of amides is 2. The Morgan fingerprint density at radius 3 is 2.20 bits per heavy atom. The van der Waals surface area contributed by atoms with Crippen molar-refractivity contribution in [2.75, 3.05) is 11.5 Å². The Hall–Kier alpha value is -4.98. The van der Waals surface area contributed by atoms with Gasteiger partial charge in [0.15, 0.2) is 12.4 Å². The number of ketones is 1. The second kappa shape index (κ2) is 10.3. The number of imide groups is 1. The van der Waals surface area contributed by atoms with Crippen LogP contribution in [-0.2, 0) is 14.3 Å². The summed E-state index contributed by atoms with van der Waals surface area (Å²) in [6, 6.07) is 20.6. The number of fused-ring (bicyclic) bond motifs is 2. The number of ether oxygens (including phenoxy) is 1. The third kappa shape index (κ3) is 4.58. The smallest absolute Gasteiger partial charge is 0.339 e. The van der Waals surface area contributed by atoms with E-state index in [9.17, 15) is 23.6 Å². The Labute approximate surface area is 228 Å².